The number of nitrogens with zero attached hydrogens (tertiary/aromatic N) is 1. The van der Waals surface area contributed by atoms with Gasteiger partial charge in [-0.15, -0.1) is 0 Å². The van der Waals surface area contributed by atoms with E-state index in [1.165, 1.54) is 12.8 Å². The molecule has 0 aromatic heterocycles. The highest BCUT2D eigenvalue weighted by Gasteiger charge is 2.40. The lowest BCUT2D eigenvalue weighted by atomic mass is 10.1. The first-order valence-corrected chi connectivity index (χ1v) is 9.36. The summed E-state index contributed by atoms with van der Waals surface area (Å²) in [5.74, 6) is 0.587. The molecule has 0 atom stereocenters. The van der Waals surface area contributed by atoms with Gasteiger partial charge in [0.1, 0.15) is 0 Å². The average Bonchev–Trinajstić information content (AvgIpc) is 3.36. The molecule has 116 valence electrons. The Balaban J connectivity index is 1.75. The van der Waals surface area contributed by atoms with E-state index in [-0.39, 0.29) is 6.04 Å². The number of aryl methyl sites for hydroxylation is 1. The Morgan fingerprint density at radius 2 is 1.76 bits per heavy atom. The van der Waals surface area contributed by atoms with E-state index in [1.54, 1.807) is 16.4 Å². The van der Waals surface area contributed by atoms with Gasteiger partial charge in [-0.25, -0.2) is 8.42 Å². The standard InChI is InChI=1S/C16H24N2O2S/c17-11-1-2-13-5-9-16(10-6-13)21(19,20)18(15-7-8-15)12-14-3-4-14/h5-6,9-10,14-15H,1-4,7-8,11-12,17H2. The molecule has 2 aliphatic rings. The van der Waals surface area contributed by atoms with Crippen LogP contribution in [0.4, 0.5) is 0 Å². The van der Waals surface area contributed by atoms with Crippen molar-refractivity contribution in [2.45, 2.75) is 49.5 Å². The van der Waals surface area contributed by atoms with Crippen molar-refractivity contribution < 1.29 is 8.42 Å². The minimum absolute atomic E-state index is 0.243. The lowest BCUT2D eigenvalue weighted by Crippen LogP contribution is -2.34. The molecule has 5 heteroatoms. The van der Waals surface area contributed by atoms with Crippen LogP contribution in [0.1, 0.15) is 37.7 Å². The van der Waals surface area contributed by atoms with Crippen LogP contribution in [-0.4, -0.2) is 31.9 Å². The van der Waals surface area contributed by atoms with Gasteiger partial charge in [-0.2, -0.15) is 4.31 Å². The van der Waals surface area contributed by atoms with Crippen LogP contribution < -0.4 is 5.73 Å². The molecule has 0 bridgehead atoms. The first kappa shape index (κ1) is 15.0. The molecule has 0 radical (unpaired) electrons. The van der Waals surface area contributed by atoms with Crippen molar-refractivity contribution in [2.75, 3.05) is 13.1 Å². The van der Waals surface area contributed by atoms with Crippen LogP contribution in [0.2, 0.25) is 0 Å². The lowest BCUT2D eigenvalue weighted by molar-refractivity contribution is 0.389. The predicted octanol–water partition coefficient (Wildman–Crippen LogP) is 2.14. The SMILES string of the molecule is NCCCc1ccc(S(=O)(=O)N(CC2CC2)C2CC2)cc1. The number of nitrogens with two attached hydrogens (primary N) is 1. The first-order chi connectivity index (χ1) is 10.1. The predicted molar refractivity (Wildman–Crippen MR) is 83.5 cm³/mol. The van der Waals surface area contributed by atoms with Crippen LogP contribution in [0.5, 0.6) is 0 Å². The van der Waals surface area contributed by atoms with E-state index in [9.17, 15) is 8.42 Å². The smallest absolute Gasteiger partial charge is 0.243 e. The van der Waals surface area contributed by atoms with Crippen molar-refractivity contribution in [3.8, 4) is 0 Å². The van der Waals surface area contributed by atoms with Gasteiger partial charge in [0.25, 0.3) is 0 Å². The van der Waals surface area contributed by atoms with Gasteiger partial charge in [-0.3, -0.25) is 0 Å². The van der Waals surface area contributed by atoms with Crippen molar-refractivity contribution in [3.05, 3.63) is 29.8 Å². The molecule has 0 aliphatic heterocycles. The zero-order valence-electron chi connectivity index (χ0n) is 12.4. The molecule has 4 nitrogen and oxygen atoms in total. The molecule has 0 amide bonds. The van der Waals surface area contributed by atoms with Gasteiger partial charge >= 0.3 is 0 Å². The molecule has 0 unspecified atom stereocenters. The molecule has 3 rings (SSSR count). The van der Waals surface area contributed by atoms with E-state index >= 15 is 0 Å². The number of benzene rings is 1. The third kappa shape index (κ3) is 3.65. The minimum Gasteiger partial charge on any atom is -0.330 e. The summed E-state index contributed by atoms with van der Waals surface area (Å²) in [7, 11) is -3.32. The Labute approximate surface area is 127 Å². The van der Waals surface area contributed by atoms with E-state index < -0.39 is 10.0 Å². The fourth-order valence-corrected chi connectivity index (χ4v) is 4.39. The summed E-state index contributed by atoms with van der Waals surface area (Å²) >= 11 is 0. The summed E-state index contributed by atoms with van der Waals surface area (Å²) in [4.78, 5) is 0.437. The molecular formula is C16H24N2O2S. The second-order valence-electron chi connectivity index (χ2n) is 6.29. The summed E-state index contributed by atoms with van der Waals surface area (Å²) < 4.78 is 27.4. The summed E-state index contributed by atoms with van der Waals surface area (Å²) in [6.45, 7) is 1.37. The number of hydrogen-bond donors (Lipinski definition) is 1. The van der Waals surface area contributed by atoms with Crippen LogP contribution in [0, 0.1) is 5.92 Å². The Morgan fingerprint density at radius 3 is 2.29 bits per heavy atom. The quantitative estimate of drug-likeness (QED) is 0.800. The maximum absolute atomic E-state index is 12.8. The summed E-state index contributed by atoms with van der Waals surface area (Å²) in [6.07, 6.45) is 6.22. The first-order valence-electron chi connectivity index (χ1n) is 7.92. The monoisotopic (exact) mass is 308 g/mol. The molecule has 1 aromatic rings. The summed E-state index contributed by atoms with van der Waals surface area (Å²) in [5, 5.41) is 0. The van der Waals surface area contributed by atoms with Crippen LogP contribution in [-0.2, 0) is 16.4 Å². The summed E-state index contributed by atoms with van der Waals surface area (Å²) in [5.41, 5.74) is 6.66. The largest absolute Gasteiger partial charge is 0.330 e. The van der Waals surface area contributed by atoms with E-state index in [0.29, 0.717) is 23.9 Å². The highest BCUT2D eigenvalue weighted by atomic mass is 32.2. The second-order valence-corrected chi connectivity index (χ2v) is 8.18. The number of hydrogen-bond acceptors (Lipinski definition) is 3. The molecule has 1 aromatic carbocycles. The second kappa shape index (κ2) is 6.07. The van der Waals surface area contributed by atoms with Crippen LogP contribution in [0.3, 0.4) is 0 Å². The molecule has 21 heavy (non-hydrogen) atoms. The third-order valence-corrected chi connectivity index (χ3v) is 6.22. The van der Waals surface area contributed by atoms with Gasteiger partial charge in [-0.1, -0.05) is 12.1 Å². The number of rotatable bonds is 8. The van der Waals surface area contributed by atoms with Gasteiger partial charge in [0.2, 0.25) is 10.0 Å². The van der Waals surface area contributed by atoms with Crippen molar-refractivity contribution >= 4 is 10.0 Å². The average molecular weight is 308 g/mol. The molecular weight excluding hydrogens is 284 g/mol. The van der Waals surface area contributed by atoms with Gasteiger partial charge in [0.15, 0.2) is 0 Å². The van der Waals surface area contributed by atoms with E-state index in [4.69, 9.17) is 5.73 Å². The molecule has 0 spiro atoms. The zero-order valence-corrected chi connectivity index (χ0v) is 13.2. The maximum atomic E-state index is 12.8. The van der Waals surface area contributed by atoms with Crippen molar-refractivity contribution in [1.82, 2.24) is 4.31 Å². The Hall–Kier alpha value is -0.910. The normalized spacial score (nSPS) is 19.1. The lowest BCUT2D eigenvalue weighted by Gasteiger charge is -2.22. The van der Waals surface area contributed by atoms with Gasteiger partial charge in [0, 0.05) is 12.6 Å². The van der Waals surface area contributed by atoms with Crippen molar-refractivity contribution in [1.29, 1.82) is 0 Å². The topological polar surface area (TPSA) is 63.4 Å². The minimum atomic E-state index is -3.32. The molecule has 0 saturated heterocycles. The van der Waals surface area contributed by atoms with E-state index in [1.807, 2.05) is 12.1 Å². The van der Waals surface area contributed by atoms with Crippen molar-refractivity contribution in [2.24, 2.45) is 11.7 Å². The number of sulfonamides is 1. The van der Waals surface area contributed by atoms with Crippen LogP contribution >= 0.6 is 0 Å². The fourth-order valence-electron chi connectivity index (χ4n) is 2.63. The Kier molecular flexibility index (Phi) is 4.33. The van der Waals surface area contributed by atoms with Gasteiger partial charge in [0.05, 0.1) is 4.90 Å². The molecule has 2 N–H and O–H groups in total. The van der Waals surface area contributed by atoms with Gasteiger partial charge < -0.3 is 5.73 Å². The van der Waals surface area contributed by atoms with Crippen LogP contribution in [0.15, 0.2) is 29.2 Å². The highest BCUT2D eigenvalue weighted by molar-refractivity contribution is 7.89. The van der Waals surface area contributed by atoms with Crippen molar-refractivity contribution in [3.63, 3.8) is 0 Å². The molecule has 2 aliphatic carbocycles. The third-order valence-electron chi connectivity index (χ3n) is 4.29. The highest BCUT2D eigenvalue weighted by Crippen LogP contribution is 2.38. The fraction of sp³-hybridized carbons (Fsp3) is 0.625. The summed E-state index contributed by atoms with van der Waals surface area (Å²) in [6, 6.07) is 7.59. The van der Waals surface area contributed by atoms with E-state index in [2.05, 4.69) is 0 Å². The zero-order chi connectivity index (χ0) is 14.9. The Morgan fingerprint density at radius 1 is 1.10 bits per heavy atom. The Bertz CT molecular complexity index is 575. The van der Waals surface area contributed by atoms with Crippen LogP contribution in [0.25, 0.3) is 0 Å². The molecule has 0 heterocycles. The molecule has 2 saturated carbocycles. The molecule has 2 fully saturated rings. The van der Waals surface area contributed by atoms with Gasteiger partial charge in [-0.05, 0) is 68.7 Å². The maximum Gasteiger partial charge on any atom is 0.243 e. The van der Waals surface area contributed by atoms with E-state index in [0.717, 1.165) is 31.2 Å².